The highest BCUT2D eigenvalue weighted by Gasteiger charge is 2.30. The van der Waals surface area contributed by atoms with Gasteiger partial charge in [-0.05, 0) is 54.2 Å². The van der Waals surface area contributed by atoms with E-state index in [0.29, 0.717) is 24.5 Å². The van der Waals surface area contributed by atoms with Gasteiger partial charge in [0.2, 0.25) is 0 Å². The molecule has 1 atom stereocenters. The van der Waals surface area contributed by atoms with Crippen LogP contribution in [0, 0.1) is 5.92 Å². The van der Waals surface area contributed by atoms with Crippen LogP contribution in [-0.4, -0.2) is 43.5 Å². The van der Waals surface area contributed by atoms with E-state index in [2.05, 4.69) is 9.97 Å². The number of carbonyl (C=O) groups is 1. The molecule has 2 aromatic heterocycles. The average molecular weight is 376 g/mol. The summed E-state index contributed by atoms with van der Waals surface area (Å²) in [5, 5.41) is 10.6. The minimum absolute atomic E-state index is 0.0424. The summed E-state index contributed by atoms with van der Waals surface area (Å²) in [4.78, 5) is 23.2. The third-order valence-corrected chi connectivity index (χ3v) is 5.52. The lowest BCUT2D eigenvalue weighted by molar-refractivity contribution is 0.0420. The van der Waals surface area contributed by atoms with Gasteiger partial charge in [0, 0.05) is 50.5 Å². The number of hydrogen-bond acceptors (Lipinski definition) is 4. The number of hydrogen-bond donors (Lipinski definition) is 1. The summed E-state index contributed by atoms with van der Waals surface area (Å²) in [5.41, 5.74) is 2.74. The Labute approximate surface area is 164 Å². The van der Waals surface area contributed by atoms with Crippen LogP contribution < -0.4 is 0 Å². The second-order valence-corrected chi connectivity index (χ2v) is 7.29. The summed E-state index contributed by atoms with van der Waals surface area (Å²) in [5.74, 6) is 0.851. The van der Waals surface area contributed by atoms with Gasteiger partial charge >= 0.3 is 0 Å². The van der Waals surface area contributed by atoms with E-state index in [1.165, 1.54) is 0 Å². The third-order valence-electron chi connectivity index (χ3n) is 5.52. The summed E-state index contributed by atoms with van der Waals surface area (Å²) >= 11 is 0. The van der Waals surface area contributed by atoms with Crippen LogP contribution >= 0.6 is 0 Å². The van der Waals surface area contributed by atoms with Crippen LogP contribution in [0.25, 0.3) is 11.1 Å². The summed E-state index contributed by atoms with van der Waals surface area (Å²) < 4.78 is 1.85. The molecule has 1 aromatic carbocycles. The number of imidazole rings is 1. The highest BCUT2D eigenvalue weighted by Crippen LogP contribution is 2.30. The molecule has 6 heteroatoms. The molecule has 28 heavy (non-hydrogen) atoms. The number of piperidine rings is 1. The number of pyridine rings is 1. The number of carbonyl (C=O) groups excluding carboxylic acids is 1. The van der Waals surface area contributed by atoms with E-state index in [0.717, 1.165) is 24.0 Å². The maximum absolute atomic E-state index is 13.0. The molecule has 0 bridgehead atoms. The fourth-order valence-corrected chi connectivity index (χ4v) is 3.85. The van der Waals surface area contributed by atoms with Crippen molar-refractivity contribution in [2.75, 3.05) is 13.1 Å². The molecule has 1 fully saturated rings. The second kappa shape index (κ2) is 7.94. The first kappa shape index (κ1) is 18.4. The number of benzene rings is 1. The number of nitrogens with zero attached hydrogens (tertiary/aromatic N) is 4. The van der Waals surface area contributed by atoms with Gasteiger partial charge in [-0.15, -0.1) is 0 Å². The summed E-state index contributed by atoms with van der Waals surface area (Å²) in [6, 6.07) is 11.6. The number of rotatable bonds is 4. The average Bonchev–Trinajstić information content (AvgIpc) is 3.19. The molecule has 6 nitrogen and oxygen atoms in total. The van der Waals surface area contributed by atoms with Crippen LogP contribution in [0.3, 0.4) is 0 Å². The standard InChI is InChI=1S/C22H24N4O2/c1-25-14-11-24-21(25)20(27)17-7-12-26(13-8-17)22(28)19-4-2-3-18(15-19)16-5-9-23-10-6-16/h2-6,9-11,14-15,17,20,27H,7-8,12-13H2,1H3/t20-/m1/s1. The molecular weight excluding hydrogens is 352 g/mol. The van der Waals surface area contributed by atoms with Crippen LogP contribution in [0.5, 0.6) is 0 Å². The monoisotopic (exact) mass is 376 g/mol. The Balaban J connectivity index is 1.42. The van der Waals surface area contributed by atoms with Crippen LogP contribution in [0.1, 0.15) is 35.1 Å². The highest BCUT2D eigenvalue weighted by molar-refractivity contribution is 5.95. The minimum atomic E-state index is -0.590. The van der Waals surface area contributed by atoms with Crippen molar-refractivity contribution in [1.82, 2.24) is 19.4 Å². The highest BCUT2D eigenvalue weighted by atomic mass is 16.3. The Morgan fingerprint density at radius 1 is 1.11 bits per heavy atom. The first-order chi connectivity index (χ1) is 13.6. The first-order valence-electron chi connectivity index (χ1n) is 9.58. The van der Waals surface area contributed by atoms with Crippen molar-refractivity contribution in [1.29, 1.82) is 0 Å². The van der Waals surface area contributed by atoms with Gasteiger partial charge in [0.15, 0.2) is 0 Å². The zero-order valence-corrected chi connectivity index (χ0v) is 15.9. The normalized spacial score (nSPS) is 16.1. The summed E-state index contributed by atoms with van der Waals surface area (Å²) in [7, 11) is 1.89. The van der Waals surface area contributed by atoms with Gasteiger partial charge in [0.25, 0.3) is 5.91 Å². The fraction of sp³-hybridized carbons (Fsp3) is 0.318. The predicted octanol–water partition coefficient (Wildman–Crippen LogP) is 3.07. The van der Waals surface area contributed by atoms with E-state index in [1.807, 2.05) is 59.1 Å². The van der Waals surface area contributed by atoms with Crippen molar-refractivity contribution >= 4 is 5.91 Å². The van der Waals surface area contributed by atoms with E-state index in [-0.39, 0.29) is 11.8 Å². The topological polar surface area (TPSA) is 71.2 Å². The number of likely N-dealkylation sites (tertiary alicyclic amines) is 1. The minimum Gasteiger partial charge on any atom is -0.385 e. The lowest BCUT2D eigenvalue weighted by Crippen LogP contribution is -2.40. The maximum atomic E-state index is 13.0. The molecule has 0 spiro atoms. The molecule has 4 rings (SSSR count). The molecule has 3 heterocycles. The van der Waals surface area contributed by atoms with Gasteiger partial charge in [-0.25, -0.2) is 4.98 Å². The molecule has 0 aliphatic carbocycles. The molecular formula is C22H24N4O2. The largest absolute Gasteiger partial charge is 0.385 e. The van der Waals surface area contributed by atoms with Crippen LogP contribution in [-0.2, 0) is 7.05 Å². The fourth-order valence-electron chi connectivity index (χ4n) is 3.85. The molecule has 1 aliphatic heterocycles. The van der Waals surface area contributed by atoms with E-state index in [9.17, 15) is 9.90 Å². The summed E-state index contributed by atoms with van der Waals surface area (Å²) in [6.45, 7) is 1.29. The third kappa shape index (κ3) is 3.68. The first-order valence-corrected chi connectivity index (χ1v) is 9.58. The van der Waals surface area contributed by atoms with Crippen molar-refractivity contribution in [3.8, 4) is 11.1 Å². The Kier molecular flexibility index (Phi) is 5.21. The molecule has 0 radical (unpaired) electrons. The molecule has 1 aliphatic rings. The lowest BCUT2D eigenvalue weighted by Gasteiger charge is -2.34. The molecule has 1 saturated heterocycles. The van der Waals surface area contributed by atoms with Gasteiger partial charge in [-0.3, -0.25) is 9.78 Å². The predicted molar refractivity (Wildman–Crippen MR) is 106 cm³/mol. The van der Waals surface area contributed by atoms with Gasteiger partial charge in [-0.1, -0.05) is 12.1 Å². The zero-order valence-electron chi connectivity index (χ0n) is 15.9. The van der Waals surface area contributed by atoms with Gasteiger partial charge < -0.3 is 14.6 Å². The molecule has 1 N–H and O–H groups in total. The van der Waals surface area contributed by atoms with Crippen molar-refractivity contribution in [2.24, 2.45) is 13.0 Å². The van der Waals surface area contributed by atoms with Gasteiger partial charge in [0.05, 0.1) is 0 Å². The molecule has 3 aromatic rings. The number of aromatic nitrogens is 3. The molecule has 0 saturated carbocycles. The van der Waals surface area contributed by atoms with Crippen molar-refractivity contribution < 1.29 is 9.90 Å². The van der Waals surface area contributed by atoms with Gasteiger partial charge in [-0.2, -0.15) is 0 Å². The number of aliphatic hydroxyl groups excluding tert-OH is 1. The molecule has 0 unspecified atom stereocenters. The number of aliphatic hydroxyl groups is 1. The number of amides is 1. The summed E-state index contributed by atoms with van der Waals surface area (Å²) in [6.07, 6.45) is 7.99. The van der Waals surface area contributed by atoms with Crippen LogP contribution in [0.4, 0.5) is 0 Å². The van der Waals surface area contributed by atoms with Crippen molar-refractivity contribution in [2.45, 2.75) is 18.9 Å². The van der Waals surface area contributed by atoms with E-state index >= 15 is 0 Å². The quantitative estimate of drug-likeness (QED) is 0.760. The van der Waals surface area contributed by atoms with Gasteiger partial charge in [0.1, 0.15) is 11.9 Å². The Bertz CT molecular complexity index is 946. The Morgan fingerprint density at radius 2 is 1.86 bits per heavy atom. The van der Waals surface area contributed by atoms with Crippen LogP contribution in [0.2, 0.25) is 0 Å². The molecule has 144 valence electrons. The Morgan fingerprint density at radius 3 is 2.54 bits per heavy atom. The maximum Gasteiger partial charge on any atom is 0.253 e. The Hall–Kier alpha value is -2.99. The zero-order chi connectivity index (χ0) is 19.5. The van der Waals surface area contributed by atoms with Crippen molar-refractivity contribution in [3.05, 3.63) is 72.6 Å². The second-order valence-electron chi connectivity index (χ2n) is 7.29. The molecule has 1 amide bonds. The smallest absolute Gasteiger partial charge is 0.253 e. The lowest BCUT2D eigenvalue weighted by atomic mass is 9.90. The van der Waals surface area contributed by atoms with E-state index in [4.69, 9.17) is 0 Å². The van der Waals surface area contributed by atoms with E-state index in [1.54, 1.807) is 18.6 Å². The van der Waals surface area contributed by atoms with Crippen LogP contribution in [0.15, 0.2) is 61.2 Å². The SMILES string of the molecule is Cn1ccnc1[C@H](O)C1CCN(C(=O)c2cccc(-c3ccncc3)c2)CC1. The number of aryl methyl sites for hydroxylation is 1. The van der Waals surface area contributed by atoms with Crippen molar-refractivity contribution in [3.63, 3.8) is 0 Å². The van der Waals surface area contributed by atoms with E-state index < -0.39 is 6.10 Å².